The van der Waals surface area contributed by atoms with Crippen molar-refractivity contribution in [3.8, 4) is 11.1 Å². The molecule has 0 spiro atoms. The largest absolute Gasteiger partial charge is 0.454 e. The number of fused-ring (bicyclic) bond motifs is 9. The highest BCUT2D eigenvalue weighted by atomic mass is 16.3. The molecular formula is C64H44N2O2. The van der Waals surface area contributed by atoms with Gasteiger partial charge < -0.3 is 18.6 Å². The van der Waals surface area contributed by atoms with Gasteiger partial charge in [-0.05, 0) is 81.4 Å². The highest BCUT2D eigenvalue weighted by molar-refractivity contribution is 6.18. The molecule has 4 nitrogen and oxygen atoms in total. The van der Waals surface area contributed by atoms with Crippen molar-refractivity contribution in [2.75, 3.05) is 9.80 Å². The molecule has 0 amide bonds. The van der Waals surface area contributed by atoms with Crippen LogP contribution in [0.5, 0.6) is 0 Å². The van der Waals surface area contributed by atoms with Crippen molar-refractivity contribution in [3.63, 3.8) is 0 Å². The van der Waals surface area contributed by atoms with E-state index in [0.717, 1.165) is 111 Å². The predicted octanol–water partition coefficient (Wildman–Crippen LogP) is 18.0. The molecule has 0 N–H and O–H groups in total. The van der Waals surface area contributed by atoms with Crippen LogP contribution in [0.15, 0.2) is 252 Å². The number of rotatable bonds is 9. The maximum atomic E-state index is 6.85. The minimum atomic E-state index is -0.0877. The van der Waals surface area contributed by atoms with Gasteiger partial charge in [-0.2, -0.15) is 0 Å². The Bertz CT molecular complexity index is 3970. The van der Waals surface area contributed by atoms with Crippen LogP contribution in [-0.2, 0) is 0 Å². The molecule has 322 valence electrons. The van der Waals surface area contributed by atoms with Crippen LogP contribution < -0.4 is 9.80 Å². The topological polar surface area (TPSA) is 32.8 Å². The summed E-state index contributed by atoms with van der Waals surface area (Å²) in [6.45, 7) is 4.41. The highest BCUT2D eigenvalue weighted by Crippen LogP contribution is 2.49. The van der Waals surface area contributed by atoms with Gasteiger partial charge >= 0.3 is 0 Å². The molecule has 2 heterocycles. The molecule has 68 heavy (non-hydrogen) atoms. The zero-order chi connectivity index (χ0) is 45.1. The van der Waals surface area contributed by atoms with Crippen LogP contribution >= 0.6 is 0 Å². The molecule has 2 aromatic heterocycles. The molecule has 0 bridgehead atoms. The van der Waals surface area contributed by atoms with E-state index >= 15 is 0 Å². The van der Waals surface area contributed by atoms with Crippen molar-refractivity contribution in [2.24, 2.45) is 0 Å². The Balaban J connectivity index is 1.08. The fraction of sp³-hybridized carbons (Fsp3) is 0.0312. The van der Waals surface area contributed by atoms with E-state index in [1.165, 1.54) is 5.56 Å². The van der Waals surface area contributed by atoms with E-state index in [4.69, 9.17) is 8.83 Å². The standard InChI is InChI=1S/C64H44N2O2/c1-2-42-37-40-57(66(56-30-14-10-24-48(56)44-21-7-4-8-22-44)59-32-18-28-52-50-26-12-16-34-61(50)68-64(52)59)53-39-36-45-35-38-46(41-54(45)62(42)53)65(55-29-13-9-23-47(55)43-19-5-3-6-20-43)58-31-17-27-51-49-25-11-15-33-60(49)67-63(51)58/h2-41,48,56H,1H2. The maximum Gasteiger partial charge on any atom is 0.159 e. The first-order chi connectivity index (χ1) is 33.7. The van der Waals surface area contributed by atoms with E-state index in [-0.39, 0.29) is 12.0 Å². The zero-order valence-corrected chi connectivity index (χ0v) is 37.2. The molecule has 0 saturated heterocycles. The number of furan rings is 2. The van der Waals surface area contributed by atoms with Gasteiger partial charge in [-0.15, -0.1) is 0 Å². The summed E-state index contributed by atoms with van der Waals surface area (Å²) in [6, 6.07) is 75.7. The van der Waals surface area contributed by atoms with Crippen molar-refractivity contribution in [1.82, 2.24) is 0 Å². The molecule has 0 saturated carbocycles. The third kappa shape index (κ3) is 6.37. The normalized spacial score (nSPS) is 14.7. The van der Waals surface area contributed by atoms with Crippen LogP contribution in [0.3, 0.4) is 0 Å². The molecule has 0 aliphatic heterocycles. The average molecular weight is 873 g/mol. The van der Waals surface area contributed by atoms with Gasteiger partial charge in [0, 0.05) is 49.8 Å². The van der Waals surface area contributed by atoms with Crippen molar-refractivity contribution in [2.45, 2.75) is 12.0 Å². The fourth-order valence-corrected chi connectivity index (χ4v) is 10.7. The van der Waals surface area contributed by atoms with Gasteiger partial charge in [-0.25, -0.2) is 0 Å². The first kappa shape index (κ1) is 39.5. The predicted molar refractivity (Wildman–Crippen MR) is 286 cm³/mol. The van der Waals surface area contributed by atoms with Gasteiger partial charge in [0.05, 0.1) is 23.1 Å². The number of anilines is 5. The summed E-state index contributed by atoms with van der Waals surface area (Å²) in [5.74, 6) is 0.0567. The van der Waals surface area contributed by atoms with E-state index in [9.17, 15) is 0 Å². The lowest BCUT2D eigenvalue weighted by molar-refractivity contribution is 0.655. The first-order valence-corrected chi connectivity index (χ1v) is 23.3. The summed E-state index contributed by atoms with van der Waals surface area (Å²) >= 11 is 0. The lowest BCUT2D eigenvalue weighted by Crippen LogP contribution is -2.35. The SMILES string of the molecule is C=Cc1ccc(N(c2cccc3c2oc2ccccc23)C2C=CC=CC2c2ccccc2)c2ccc3ccc(N(c4ccccc4-c4ccccc4)c4cccc5c4oc4ccccc45)cc3c12. The summed E-state index contributed by atoms with van der Waals surface area (Å²) in [6.07, 6.45) is 11.0. The van der Waals surface area contributed by atoms with Crippen LogP contribution in [0, 0.1) is 0 Å². The minimum Gasteiger partial charge on any atom is -0.454 e. The van der Waals surface area contributed by atoms with Crippen LogP contribution in [0.25, 0.3) is 82.6 Å². The number of allylic oxidation sites excluding steroid dienone is 2. The van der Waals surface area contributed by atoms with Gasteiger partial charge in [0.25, 0.3) is 0 Å². The third-order valence-electron chi connectivity index (χ3n) is 13.8. The number of para-hydroxylation sites is 5. The Labute approximate surface area is 394 Å². The van der Waals surface area contributed by atoms with Crippen LogP contribution in [0.4, 0.5) is 28.4 Å². The maximum absolute atomic E-state index is 6.85. The second-order valence-corrected chi connectivity index (χ2v) is 17.6. The Kier molecular flexibility index (Phi) is 9.43. The van der Waals surface area contributed by atoms with Crippen molar-refractivity contribution >= 4 is 99.9 Å². The molecule has 2 unspecified atom stereocenters. The summed E-state index contributed by atoms with van der Waals surface area (Å²) in [5, 5.41) is 8.86. The molecule has 4 heteroatoms. The second kappa shape index (κ2) is 16.2. The Hall–Kier alpha value is -8.86. The average Bonchev–Trinajstić information content (AvgIpc) is 3.99. The second-order valence-electron chi connectivity index (χ2n) is 17.6. The minimum absolute atomic E-state index is 0.0567. The van der Waals surface area contributed by atoms with E-state index in [0.29, 0.717) is 0 Å². The summed E-state index contributed by atoms with van der Waals surface area (Å²) < 4.78 is 13.7. The van der Waals surface area contributed by atoms with Gasteiger partial charge in [-0.3, -0.25) is 0 Å². The quantitative estimate of drug-likeness (QED) is 0.135. The van der Waals surface area contributed by atoms with E-state index in [2.05, 4.69) is 241 Å². The van der Waals surface area contributed by atoms with Crippen LogP contribution in [0.2, 0.25) is 0 Å². The lowest BCUT2D eigenvalue weighted by atomic mass is 9.86. The Morgan fingerprint density at radius 1 is 0.441 bits per heavy atom. The molecule has 10 aromatic carbocycles. The number of hydrogen-bond donors (Lipinski definition) is 0. The summed E-state index contributed by atoms with van der Waals surface area (Å²) in [7, 11) is 0. The summed E-state index contributed by atoms with van der Waals surface area (Å²) in [5.41, 5.74) is 13.1. The van der Waals surface area contributed by atoms with Gasteiger partial charge in [0.15, 0.2) is 11.2 Å². The van der Waals surface area contributed by atoms with E-state index in [1.807, 2.05) is 18.2 Å². The molecule has 13 rings (SSSR count). The monoisotopic (exact) mass is 872 g/mol. The van der Waals surface area contributed by atoms with Gasteiger partial charge in [-0.1, -0.05) is 201 Å². The molecule has 1 aliphatic carbocycles. The van der Waals surface area contributed by atoms with Crippen LogP contribution in [0.1, 0.15) is 17.0 Å². The molecule has 0 radical (unpaired) electrons. The van der Waals surface area contributed by atoms with E-state index < -0.39 is 0 Å². The molecule has 12 aromatic rings. The zero-order valence-electron chi connectivity index (χ0n) is 37.2. The van der Waals surface area contributed by atoms with Crippen molar-refractivity contribution < 1.29 is 8.83 Å². The fourth-order valence-electron chi connectivity index (χ4n) is 10.7. The first-order valence-electron chi connectivity index (χ1n) is 23.3. The lowest BCUT2D eigenvalue weighted by Gasteiger charge is -2.38. The molecule has 2 atom stereocenters. The molecular weight excluding hydrogens is 829 g/mol. The highest BCUT2D eigenvalue weighted by Gasteiger charge is 2.32. The smallest absolute Gasteiger partial charge is 0.159 e. The molecule has 0 fully saturated rings. The summed E-state index contributed by atoms with van der Waals surface area (Å²) in [4.78, 5) is 4.89. The van der Waals surface area contributed by atoms with Gasteiger partial charge in [0.1, 0.15) is 11.2 Å². The number of benzene rings is 10. The van der Waals surface area contributed by atoms with Crippen molar-refractivity contribution in [1.29, 1.82) is 0 Å². The Morgan fingerprint density at radius 2 is 1.04 bits per heavy atom. The Morgan fingerprint density at radius 3 is 1.79 bits per heavy atom. The van der Waals surface area contributed by atoms with Gasteiger partial charge in [0.2, 0.25) is 0 Å². The number of hydrogen-bond acceptors (Lipinski definition) is 4. The van der Waals surface area contributed by atoms with E-state index in [1.54, 1.807) is 0 Å². The van der Waals surface area contributed by atoms with Crippen molar-refractivity contribution in [3.05, 3.63) is 254 Å². The van der Waals surface area contributed by atoms with Crippen LogP contribution in [-0.4, -0.2) is 6.04 Å². The molecule has 1 aliphatic rings. The third-order valence-corrected chi connectivity index (χ3v) is 13.8. The number of nitrogens with zero attached hydrogens (tertiary/aromatic N) is 2.